The molecule has 0 atom stereocenters. The van der Waals surface area contributed by atoms with Gasteiger partial charge in [0.05, 0.1) is 22.8 Å². The summed E-state index contributed by atoms with van der Waals surface area (Å²) in [4.78, 5) is 8.65. The molecule has 1 aromatic carbocycles. The van der Waals surface area contributed by atoms with E-state index in [4.69, 9.17) is 0 Å². The lowest BCUT2D eigenvalue weighted by Gasteiger charge is -2.04. The molecule has 2 rings (SSSR count). The second-order valence-electron chi connectivity index (χ2n) is 3.85. The molecule has 0 amide bonds. The molecule has 0 unspecified atom stereocenters. The molecule has 0 aliphatic carbocycles. The first-order chi connectivity index (χ1) is 8.70. The highest BCUT2D eigenvalue weighted by molar-refractivity contribution is 7.79. The molecular formula is C13H14N4S. The number of rotatable bonds is 3. The van der Waals surface area contributed by atoms with E-state index >= 15 is 0 Å². The summed E-state index contributed by atoms with van der Waals surface area (Å²) in [5, 5.41) is 8.41. The number of aromatic nitrogens is 2. The minimum Gasteiger partial charge on any atom is -0.235 e. The van der Waals surface area contributed by atoms with Gasteiger partial charge >= 0.3 is 0 Å². The zero-order valence-electron chi connectivity index (χ0n) is 10.3. The second-order valence-corrected chi connectivity index (χ2v) is 4.17. The van der Waals surface area contributed by atoms with Crippen molar-refractivity contribution in [3.63, 3.8) is 0 Å². The quantitative estimate of drug-likeness (QED) is 0.669. The van der Waals surface area contributed by atoms with Crippen molar-refractivity contribution in [3.8, 4) is 0 Å². The van der Waals surface area contributed by atoms with Crippen molar-refractivity contribution in [2.75, 3.05) is 0 Å². The van der Waals surface area contributed by atoms with Crippen molar-refractivity contribution >= 4 is 24.0 Å². The van der Waals surface area contributed by atoms with E-state index < -0.39 is 0 Å². The molecule has 0 bridgehead atoms. The van der Waals surface area contributed by atoms with Crippen LogP contribution in [0.3, 0.4) is 0 Å². The van der Waals surface area contributed by atoms with Crippen LogP contribution in [0.15, 0.2) is 40.6 Å². The average molecular weight is 258 g/mol. The maximum Gasteiger partial charge on any atom is 0.138 e. The largest absolute Gasteiger partial charge is 0.235 e. The summed E-state index contributed by atoms with van der Waals surface area (Å²) >= 11 is 4.17. The van der Waals surface area contributed by atoms with Crippen LogP contribution in [0.5, 0.6) is 0 Å². The van der Waals surface area contributed by atoms with Crippen LogP contribution in [0.25, 0.3) is 0 Å². The Bertz CT molecular complexity index is 543. The number of hydrogen-bond acceptors (Lipinski definition) is 5. The molecule has 0 saturated heterocycles. The van der Waals surface area contributed by atoms with Gasteiger partial charge < -0.3 is 0 Å². The highest BCUT2D eigenvalue weighted by atomic mass is 32.1. The van der Waals surface area contributed by atoms with Crippen LogP contribution in [0.1, 0.15) is 17.2 Å². The van der Waals surface area contributed by atoms with Gasteiger partial charge in [-0.25, -0.2) is 9.97 Å². The Morgan fingerprint density at radius 2 is 1.61 bits per heavy atom. The van der Waals surface area contributed by atoms with Crippen LogP contribution >= 0.6 is 12.6 Å². The number of aryl methyl sites for hydroxylation is 2. The number of benzene rings is 1. The molecule has 4 nitrogen and oxygen atoms in total. The minimum atomic E-state index is 0.526. The van der Waals surface area contributed by atoms with Crippen LogP contribution in [0, 0.1) is 13.8 Å². The zero-order chi connectivity index (χ0) is 13.0. The standard InChI is InChI=1S/C13H14N4S/c1-9-13(10(2)15-12(8-18)14-9)17-16-11-6-4-3-5-7-11/h3-7,18H,8H2,1-2H3/b17-16+. The average Bonchev–Trinajstić information content (AvgIpc) is 2.38. The predicted octanol–water partition coefficient (Wildman–Crippen LogP) is 3.94. The van der Waals surface area contributed by atoms with E-state index in [1.807, 2.05) is 44.2 Å². The molecule has 1 aromatic heterocycles. The maximum atomic E-state index is 4.32. The van der Waals surface area contributed by atoms with Crippen molar-refractivity contribution in [1.29, 1.82) is 0 Å². The molecule has 0 radical (unpaired) electrons. The van der Waals surface area contributed by atoms with Crippen LogP contribution in [0.4, 0.5) is 11.4 Å². The Morgan fingerprint density at radius 3 is 2.17 bits per heavy atom. The van der Waals surface area contributed by atoms with Gasteiger partial charge in [-0.15, -0.1) is 5.11 Å². The molecule has 92 valence electrons. The van der Waals surface area contributed by atoms with Gasteiger partial charge in [0.15, 0.2) is 0 Å². The molecule has 0 aliphatic rings. The van der Waals surface area contributed by atoms with E-state index in [2.05, 4.69) is 32.8 Å². The summed E-state index contributed by atoms with van der Waals surface area (Å²) in [6.45, 7) is 3.81. The van der Waals surface area contributed by atoms with Gasteiger partial charge in [0.1, 0.15) is 11.5 Å². The maximum absolute atomic E-state index is 4.32. The highest BCUT2D eigenvalue weighted by Gasteiger charge is 2.06. The van der Waals surface area contributed by atoms with Crippen molar-refractivity contribution in [2.24, 2.45) is 10.2 Å². The van der Waals surface area contributed by atoms with Gasteiger partial charge in [-0.2, -0.15) is 17.7 Å². The number of hydrogen-bond donors (Lipinski definition) is 1. The van der Waals surface area contributed by atoms with Gasteiger partial charge in [-0.3, -0.25) is 0 Å². The Hall–Kier alpha value is -1.75. The number of azo groups is 1. The van der Waals surface area contributed by atoms with Gasteiger partial charge in [0.2, 0.25) is 0 Å². The van der Waals surface area contributed by atoms with Crippen LogP contribution in [0.2, 0.25) is 0 Å². The first-order valence-corrected chi connectivity index (χ1v) is 6.25. The summed E-state index contributed by atoms with van der Waals surface area (Å²) in [5.41, 5.74) is 3.19. The molecule has 2 aromatic rings. The minimum absolute atomic E-state index is 0.526. The van der Waals surface area contributed by atoms with E-state index in [1.54, 1.807) is 0 Å². The van der Waals surface area contributed by atoms with E-state index in [9.17, 15) is 0 Å². The lowest BCUT2D eigenvalue weighted by Crippen LogP contribution is -1.97. The van der Waals surface area contributed by atoms with Crippen molar-refractivity contribution in [2.45, 2.75) is 19.6 Å². The molecule has 0 aliphatic heterocycles. The first kappa shape index (κ1) is 12.7. The molecule has 0 spiro atoms. The fraction of sp³-hybridized carbons (Fsp3) is 0.231. The fourth-order valence-electron chi connectivity index (χ4n) is 1.60. The molecule has 18 heavy (non-hydrogen) atoms. The second kappa shape index (κ2) is 5.73. The highest BCUT2D eigenvalue weighted by Crippen LogP contribution is 2.23. The van der Waals surface area contributed by atoms with E-state index in [1.165, 1.54) is 0 Å². The molecular weight excluding hydrogens is 244 g/mol. The monoisotopic (exact) mass is 258 g/mol. The summed E-state index contributed by atoms with van der Waals surface area (Å²) < 4.78 is 0. The normalized spacial score (nSPS) is 11.1. The molecule has 0 fully saturated rings. The summed E-state index contributed by atoms with van der Waals surface area (Å²) in [6.07, 6.45) is 0. The summed E-state index contributed by atoms with van der Waals surface area (Å²) in [7, 11) is 0. The summed E-state index contributed by atoms with van der Waals surface area (Å²) in [5.74, 6) is 1.24. The smallest absolute Gasteiger partial charge is 0.138 e. The SMILES string of the molecule is Cc1nc(CS)nc(C)c1/N=N/c1ccccc1. The molecule has 5 heteroatoms. The summed E-state index contributed by atoms with van der Waals surface area (Å²) in [6, 6.07) is 9.59. The van der Waals surface area contributed by atoms with Crippen LogP contribution in [-0.2, 0) is 5.75 Å². The lowest BCUT2D eigenvalue weighted by molar-refractivity contribution is 0.953. The van der Waals surface area contributed by atoms with Crippen molar-refractivity contribution in [1.82, 2.24) is 9.97 Å². The third kappa shape index (κ3) is 2.92. The van der Waals surface area contributed by atoms with Crippen LogP contribution < -0.4 is 0 Å². The van der Waals surface area contributed by atoms with E-state index in [0.717, 1.165) is 22.8 Å². The fourth-order valence-corrected chi connectivity index (χ4v) is 1.74. The van der Waals surface area contributed by atoms with Crippen molar-refractivity contribution in [3.05, 3.63) is 47.5 Å². The molecule has 0 N–H and O–H groups in total. The zero-order valence-corrected chi connectivity index (χ0v) is 11.2. The topological polar surface area (TPSA) is 50.5 Å². The Balaban J connectivity index is 2.32. The number of thiol groups is 1. The molecule has 1 heterocycles. The van der Waals surface area contributed by atoms with Gasteiger partial charge in [0, 0.05) is 0 Å². The van der Waals surface area contributed by atoms with Gasteiger partial charge in [-0.05, 0) is 26.0 Å². The van der Waals surface area contributed by atoms with Gasteiger partial charge in [0.25, 0.3) is 0 Å². The third-order valence-electron chi connectivity index (χ3n) is 2.44. The Kier molecular flexibility index (Phi) is 4.04. The van der Waals surface area contributed by atoms with Gasteiger partial charge in [-0.1, -0.05) is 18.2 Å². The molecule has 0 saturated carbocycles. The predicted molar refractivity (Wildman–Crippen MR) is 74.8 cm³/mol. The van der Waals surface area contributed by atoms with Crippen molar-refractivity contribution < 1.29 is 0 Å². The van der Waals surface area contributed by atoms with E-state index in [0.29, 0.717) is 11.6 Å². The Morgan fingerprint density at radius 1 is 1.00 bits per heavy atom. The van der Waals surface area contributed by atoms with Crippen LogP contribution in [-0.4, -0.2) is 9.97 Å². The first-order valence-electron chi connectivity index (χ1n) is 5.62. The third-order valence-corrected chi connectivity index (χ3v) is 2.72. The number of nitrogens with zero attached hydrogens (tertiary/aromatic N) is 4. The van der Waals surface area contributed by atoms with E-state index in [-0.39, 0.29) is 0 Å². The lowest BCUT2D eigenvalue weighted by atomic mass is 10.3. The Labute approximate surface area is 112 Å².